The first-order valence-corrected chi connectivity index (χ1v) is 7.40. The fourth-order valence-corrected chi connectivity index (χ4v) is 2.35. The molecule has 0 aromatic rings. The molecule has 4 nitrogen and oxygen atoms in total. The molecule has 2 atom stereocenters. The van der Waals surface area contributed by atoms with Gasteiger partial charge in [0.15, 0.2) is 0 Å². The highest BCUT2D eigenvalue weighted by Crippen LogP contribution is 2.17. The van der Waals surface area contributed by atoms with Crippen molar-refractivity contribution in [3.8, 4) is 0 Å². The lowest BCUT2D eigenvalue weighted by Crippen LogP contribution is -2.45. The molecule has 0 aromatic carbocycles. The predicted octanol–water partition coefficient (Wildman–Crippen LogP) is 2.42. The highest BCUT2D eigenvalue weighted by molar-refractivity contribution is 7.98. The van der Waals surface area contributed by atoms with E-state index in [1.807, 2.05) is 20.8 Å². The van der Waals surface area contributed by atoms with Gasteiger partial charge in [-0.3, -0.25) is 0 Å². The second-order valence-corrected chi connectivity index (χ2v) is 6.24. The average Bonchev–Trinajstić information content (AvgIpc) is 2.18. The number of carbonyl (C=O) groups is 1. The molecule has 0 spiro atoms. The van der Waals surface area contributed by atoms with Gasteiger partial charge in [0, 0.05) is 5.75 Å². The number of rotatable bonds is 3. The molecule has 17 heavy (non-hydrogen) atoms. The van der Waals surface area contributed by atoms with Gasteiger partial charge in [0.05, 0.1) is 18.8 Å². The summed E-state index contributed by atoms with van der Waals surface area (Å²) in [6, 6.07) is 0.0861. The van der Waals surface area contributed by atoms with Crippen molar-refractivity contribution in [2.45, 2.75) is 51.4 Å². The van der Waals surface area contributed by atoms with Crippen LogP contribution in [0.3, 0.4) is 0 Å². The molecule has 1 aliphatic heterocycles. The molecule has 0 bridgehead atoms. The lowest BCUT2D eigenvalue weighted by molar-refractivity contribution is 0.00343. The van der Waals surface area contributed by atoms with Crippen molar-refractivity contribution in [2.75, 3.05) is 18.6 Å². The van der Waals surface area contributed by atoms with E-state index in [2.05, 4.69) is 11.6 Å². The van der Waals surface area contributed by atoms with Gasteiger partial charge in [-0.15, -0.1) is 0 Å². The van der Waals surface area contributed by atoms with Crippen molar-refractivity contribution in [1.82, 2.24) is 5.32 Å². The van der Waals surface area contributed by atoms with Crippen molar-refractivity contribution < 1.29 is 14.3 Å². The molecular formula is C12H23NO3S. The van der Waals surface area contributed by atoms with Gasteiger partial charge in [-0.25, -0.2) is 4.79 Å². The maximum absolute atomic E-state index is 11.5. The SMILES string of the molecule is CSC[C@@H]1CC[C@@H](NC(=O)OC(C)(C)C)CO1. The standard InChI is InChI=1S/C12H23NO3S/c1-12(2,3)16-11(14)13-9-5-6-10(8-17-4)15-7-9/h9-10H,5-8H2,1-4H3,(H,13,14)/t9-,10+/m1/s1. The van der Waals surface area contributed by atoms with Gasteiger partial charge in [-0.2, -0.15) is 11.8 Å². The number of hydrogen-bond acceptors (Lipinski definition) is 4. The number of nitrogens with one attached hydrogen (secondary N) is 1. The minimum Gasteiger partial charge on any atom is -0.444 e. The Kier molecular flexibility index (Phi) is 5.59. The van der Waals surface area contributed by atoms with Crippen LogP contribution in [0.25, 0.3) is 0 Å². The maximum atomic E-state index is 11.5. The summed E-state index contributed by atoms with van der Waals surface area (Å²) in [6.45, 7) is 6.17. The summed E-state index contributed by atoms with van der Waals surface area (Å²) in [5.41, 5.74) is -0.443. The van der Waals surface area contributed by atoms with E-state index in [-0.39, 0.29) is 12.1 Å². The number of ether oxygens (including phenoxy) is 2. The average molecular weight is 261 g/mol. The Bertz CT molecular complexity index is 245. The maximum Gasteiger partial charge on any atom is 0.407 e. The van der Waals surface area contributed by atoms with E-state index < -0.39 is 5.60 Å². The van der Waals surface area contributed by atoms with E-state index in [9.17, 15) is 4.79 Å². The van der Waals surface area contributed by atoms with Crippen LogP contribution in [0.5, 0.6) is 0 Å². The first kappa shape index (κ1) is 14.6. The summed E-state index contributed by atoms with van der Waals surface area (Å²) in [6.07, 6.45) is 4.02. The van der Waals surface area contributed by atoms with E-state index in [1.165, 1.54) is 0 Å². The second-order valence-electron chi connectivity index (χ2n) is 5.33. The van der Waals surface area contributed by atoms with Crippen molar-refractivity contribution in [1.29, 1.82) is 0 Å². The molecule has 0 unspecified atom stereocenters. The van der Waals surface area contributed by atoms with Crippen LogP contribution in [0.1, 0.15) is 33.6 Å². The first-order valence-electron chi connectivity index (χ1n) is 6.01. The Balaban J connectivity index is 2.24. The molecule has 1 heterocycles. The van der Waals surface area contributed by atoms with Crippen molar-refractivity contribution >= 4 is 17.9 Å². The molecular weight excluding hydrogens is 238 g/mol. The van der Waals surface area contributed by atoms with Gasteiger partial charge in [-0.05, 0) is 39.9 Å². The second kappa shape index (κ2) is 6.50. The van der Waals surface area contributed by atoms with Crippen LogP contribution in [0, 0.1) is 0 Å². The van der Waals surface area contributed by atoms with Crippen LogP contribution < -0.4 is 5.32 Å². The minimum absolute atomic E-state index is 0.0861. The Hall–Kier alpha value is -0.420. The summed E-state index contributed by atoms with van der Waals surface area (Å²) in [4.78, 5) is 11.5. The molecule has 0 saturated carbocycles. The molecule has 1 N–H and O–H groups in total. The molecule has 100 valence electrons. The molecule has 5 heteroatoms. The largest absolute Gasteiger partial charge is 0.444 e. The van der Waals surface area contributed by atoms with E-state index in [0.29, 0.717) is 12.7 Å². The third-order valence-corrected chi connectivity index (χ3v) is 3.15. The zero-order chi connectivity index (χ0) is 12.9. The van der Waals surface area contributed by atoms with Gasteiger partial charge in [-0.1, -0.05) is 0 Å². The molecule has 0 radical (unpaired) electrons. The zero-order valence-electron chi connectivity index (χ0n) is 11.1. The first-order chi connectivity index (χ1) is 7.90. The summed E-state index contributed by atoms with van der Waals surface area (Å²) < 4.78 is 10.9. The third kappa shape index (κ3) is 6.17. The minimum atomic E-state index is -0.443. The van der Waals surface area contributed by atoms with E-state index in [4.69, 9.17) is 9.47 Å². The van der Waals surface area contributed by atoms with E-state index in [0.717, 1.165) is 18.6 Å². The zero-order valence-corrected chi connectivity index (χ0v) is 11.9. The molecule has 0 aromatic heterocycles. The van der Waals surface area contributed by atoms with Crippen LogP contribution in [0.2, 0.25) is 0 Å². The molecule has 1 fully saturated rings. The van der Waals surface area contributed by atoms with E-state index >= 15 is 0 Å². The molecule has 1 rings (SSSR count). The van der Waals surface area contributed by atoms with Crippen molar-refractivity contribution in [2.24, 2.45) is 0 Å². The molecule has 1 saturated heterocycles. The highest BCUT2D eigenvalue weighted by Gasteiger charge is 2.24. The Morgan fingerprint density at radius 2 is 2.18 bits per heavy atom. The number of alkyl carbamates (subject to hydrolysis) is 1. The fourth-order valence-electron chi connectivity index (χ4n) is 1.71. The van der Waals surface area contributed by atoms with Crippen molar-refractivity contribution in [3.63, 3.8) is 0 Å². The monoisotopic (exact) mass is 261 g/mol. The summed E-state index contributed by atoms with van der Waals surface area (Å²) >= 11 is 1.79. The van der Waals surface area contributed by atoms with Gasteiger partial charge >= 0.3 is 6.09 Å². The fraction of sp³-hybridized carbons (Fsp3) is 0.917. The van der Waals surface area contributed by atoms with Gasteiger partial charge < -0.3 is 14.8 Å². The summed E-state index contributed by atoms with van der Waals surface area (Å²) in [5.74, 6) is 1.03. The number of carbonyl (C=O) groups excluding carboxylic acids is 1. The van der Waals surface area contributed by atoms with Gasteiger partial charge in [0.25, 0.3) is 0 Å². The molecule has 0 aliphatic carbocycles. The lowest BCUT2D eigenvalue weighted by atomic mass is 10.1. The number of hydrogen-bond donors (Lipinski definition) is 1. The van der Waals surface area contributed by atoms with Crippen LogP contribution in [-0.2, 0) is 9.47 Å². The van der Waals surface area contributed by atoms with Crippen molar-refractivity contribution in [3.05, 3.63) is 0 Å². The summed E-state index contributed by atoms with van der Waals surface area (Å²) in [7, 11) is 0. The lowest BCUT2D eigenvalue weighted by Gasteiger charge is -2.30. The topological polar surface area (TPSA) is 47.6 Å². The summed E-state index contributed by atoms with van der Waals surface area (Å²) in [5, 5.41) is 2.85. The quantitative estimate of drug-likeness (QED) is 0.847. The molecule has 1 amide bonds. The predicted molar refractivity (Wildman–Crippen MR) is 70.5 cm³/mol. The third-order valence-electron chi connectivity index (χ3n) is 2.44. The van der Waals surface area contributed by atoms with Crippen LogP contribution in [0.15, 0.2) is 0 Å². The smallest absolute Gasteiger partial charge is 0.407 e. The van der Waals surface area contributed by atoms with Crippen LogP contribution in [0.4, 0.5) is 4.79 Å². The number of amides is 1. The van der Waals surface area contributed by atoms with Gasteiger partial charge in [0.2, 0.25) is 0 Å². The Morgan fingerprint density at radius 1 is 1.47 bits per heavy atom. The van der Waals surface area contributed by atoms with Crippen LogP contribution >= 0.6 is 11.8 Å². The Labute approximate surface area is 108 Å². The highest BCUT2D eigenvalue weighted by atomic mass is 32.2. The Morgan fingerprint density at radius 3 is 2.65 bits per heavy atom. The number of thioether (sulfide) groups is 1. The van der Waals surface area contributed by atoms with E-state index in [1.54, 1.807) is 11.8 Å². The van der Waals surface area contributed by atoms with Gasteiger partial charge in [0.1, 0.15) is 5.60 Å². The molecule has 1 aliphatic rings. The van der Waals surface area contributed by atoms with Crippen LogP contribution in [-0.4, -0.2) is 42.5 Å². The normalized spacial score (nSPS) is 25.4.